The number of rotatable bonds is 1. The number of halogens is 1. The molecule has 0 saturated carbocycles. The Morgan fingerprint density at radius 1 is 1.54 bits per heavy atom. The molecule has 0 bridgehead atoms. The molecule has 0 aliphatic rings. The molecule has 0 amide bonds. The number of isocyanates is 1. The Bertz CT molecular complexity index is 428. The quantitative estimate of drug-likeness (QED) is 0.485. The van der Waals surface area contributed by atoms with Crippen LogP contribution in [0, 0.1) is 24.1 Å². The molecule has 1 rings (SSSR count). The lowest BCUT2D eigenvalue weighted by molar-refractivity contribution is 0.564. The first-order valence-electron chi connectivity index (χ1n) is 3.47. The van der Waals surface area contributed by atoms with E-state index in [1.54, 1.807) is 0 Å². The molecule has 0 fully saturated rings. The minimum absolute atomic E-state index is 0.0912. The van der Waals surface area contributed by atoms with Gasteiger partial charge in [-0.25, -0.2) is 9.18 Å². The normalized spacial score (nSPS) is 8.69. The Labute approximate surface area is 74.1 Å². The maximum Gasteiger partial charge on any atom is 0.240 e. The Hall–Kier alpha value is -1.98. The highest BCUT2D eigenvalue weighted by Gasteiger charge is 2.08. The fraction of sp³-hybridized carbons (Fsp3) is 0.111. The molecule has 0 unspecified atom stereocenters. The number of nitriles is 1. The van der Waals surface area contributed by atoms with Crippen molar-refractivity contribution in [2.45, 2.75) is 6.92 Å². The van der Waals surface area contributed by atoms with Crippen LogP contribution in [-0.4, -0.2) is 6.08 Å². The van der Waals surface area contributed by atoms with Gasteiger partial charge in [0.2, 0.25) is 6.08 Å². The molecule has 0 saturated heterocycles. The van der Waals surface area contributed by atoms with Gasteiger partial charge in [-0.3, -0.25) is 0 Å². The zero-order valence-electron chi connectivity index (χ0n) is 6.84. The maximum atomic E-state index is 13.2. The second kappa shape index (κ2) is 3.61. The van der Waals surface area contributed by atoms with Crippen molar-refractivity contribution >= 4 is 11.8 Å². The van der Waals surface area contributed by atoms with Crippen LogP contribution in [0.15, 0.2) is 17.1 Å². The average molecular weight is 176 g/mol. The van der Waals surface area contributed by atoms with Gasteiger partial charge in [0.15, 0.2) is 5.82 Å². The molecule has 0 N–H and O–H groups in total. The van der Waals surface area contributed by atoms with Crippen molar-refractivity contribution in [3.63, 3.8) is 0 Å². The van der Waals surface area contributed by atoms with Gasteiger partial charge in [-0.15, -0.1) is 0 Å². The summed E-state index contributed by atoms with van der Waals surface area (Å²) >= 11 is 0. The molecule has 0 aliphatic heterocycles. The lowest BCUT2D eigenvalue weighted by Gasteiger charge is -2.00. The minimum atomic E-state index is -0.651. The SMILES string of the molecule is Cc1c(C#N)ccc(N=C=O)c1F. The number of nitrogens with zero attached hydrogens (tertiary/aromatic N) is 2. The van der Waals surface area contributed by atoms with Crippen LogP contribution in [0.5, 0.6) is 0 Å². The fourth-order valence-electron chi connectivity index (χ4n) is 0.927. The van der Waals surface area contributed by atoms with Crippen LogP contribution in [0.25, 0.3) is 0 Å². The molecule has 0 atom stereocenters. The van der Waals surface area contributed by atoms with Crippen LogP contribution < -0.4 is 0 Å². The topological polar surface area (TPSA) is 53.2 Å². The number of carbonyl (C=O) groups excluding carboxylic acids is 1. The Morgan fingerprint density at radius 3 is 2.77 bits per heavy atom. The van der Waals surface area contributed by atoms with Gasteiger partial charge in [0.05, 0.1) is 11.6 Å². The molecule has 0 radical (unpaired) electrons. The standard InChI is InChI=1S/C9H5FN2O/c1-6-7(4-11)2-3-8(9(6)10)12-5-13/h2-3H,1H3. The van der Waals surface area contributed by atoms with Crippen molar-refractivity contribution in [1.82, 2.24) is 0 Å². The Morgan fingerprint density at radius 2 is 2.23 bits per heavy atom. The van der Waals surface area contributed by atoms with Crippen molar-refractivity contribution in [3.8, 4) is 6.07 Å². The van der Waals surface area contributed by atoms with Gasteiger partial charge in [0, 0.05) is 5.56 Å². The number of hydrogen-bond acceptors (Lipinski definition) is 3. The largest absolute Gasteiger partial charge is 0.240 e. The highest BCUT2D eigenvalue weighted by Crippen LogP contribution is 2.22. The van der Waals surface area contributed by atoms with Crippen molar-refractivity contribution in [2.75, 3.05) is 0 Å². The summed E-state index contributed by atoms with van der Waals surface area (Å²) < 4.78 is 13.2. The van der Waals surface area contributed by atoms with Gasteiger partial charge in [0.1, 0.15) is 5.69 Å². The summed E-state index contributed by atoms with van der Waals surface area (Å²) in [5, 5.41) is 8.54. The lowest BCUT2D eigenvalue weighted by Crippen LogP contribution is -1.88. The van der Waals surface area contributed by atoms with Gasteiger partial charge in [-0.05, 0) is 19.1 Å². The van der Waals surface area contributed by atoms with E-state index in [4.69, 9.17) is 5.26 Å². The van der Waals surface area contributed by atoms with Crippen LogP contribution in [0.3, 0.4) is 0 Å². The number of hydrogen-bond donors (Lipinski definition) is 0. The molecule has 0 heterocycles. The Balaban J connectivity index is 3.41. The van der Waals surface area contributed by atoms with Gasteiger partial charge in [0.25, 0.3) is 0 Å². The average Bonchev–Trinajstić information content (AvgIpc) is 2.14. The van der Waals surface area contributed by atoms with Crippen LogP contribution in [-0.2, 0) is 4.79 Å². The zero-order chi connectivity index (χ0) is 9.84. The summed E-state index contributed by atoms with van der Waals surface area (Å²) in [5.74, 6) is -0.651. The van der Waals surface area contributed by atoms with Crippen LogP contribution in [0.2, 0.25) is 0 Å². The molecule has 0 aromatic heterocycles. The van der Waals surface area contributed by atoms with Crippen LogP contribution in [0.4, 0.5) is 10.1 Å². The molecule has 13 heavy (non-hydrogen) atoms. The number of aliphatic imine (C=N–C) groups is 1. The highest BCUT2D eigenvalue weighted by molar-refractivity contribution is 5.54. The van der Waals surface area contributed by atoms with E-state index in [1.807, 2.05) is 6.07 Å². The van der Waals surface area contributed by atoms with Crippen LogP contribution >= 0.6 is 0 Å². The third kappa shape index (κ3) is 1.61. The van der Waals surface area contributed by atoms with Crippen LogP contribution in [0.1, 0.15) is 11.1 Å². The molecule has 3 nitrogen and oxygen atoms in total. The monoisotopic (exact) mass is 176 g/mol. The van der Waals surface area contributed by atoms with Gasteiger partial charge in [-0.2, -0.15) is 10.3 Å². The van der Waals surface area contributed by atoms with E-state index in [0.717, 1.165) is 0 Å². The van der Waals surface area contributed by atoms with Crippen molar-refractivity contribution in [2.24, 2.45) is 4.99 Å². The summed E-state index contributed by atoms with van der Waals surface area (Å²) in [6.07, 6.45) is 1.24. The molecule has 0 spiro atoms. The molecule has 4 heteroatoms. The fourth-order valence-corrected chi connectivity index (χ4v) is 0.927. The lowest BCUT2D eigenvalue weighted by atomic mass is 10.1. The molecular formula is C9H5FN2O. The molecule has 64 valence electrons. The first-order valence-corrected chi connectivity index (χ1v) is 3.47. The van der Waals surface area contributed by atoms with Crippen molar-refractivity contribution in [3.05, 3.63) is 29.1 Å². The second-order valence-electron chi connectivity index (χ2n) is 2.39. The van der Waals surface area contributed by atoms with Crippen molar-refractivity contribution < 1.29 is 9.18 Å². The van der Waals surface area contributed by atoms with E-state index in [-0.39, 0.29) is 16.8 Å². The van der Waals surface area contributed by atoms with Crippen molar-refractivity contribution in [1.29, 1.82) is 5.26 Å². The smallest absolute Gasteiger partial charge is 0.211 e. The minimum Gasteiger partial charge on any atom is -0.211 e. The Kier molecular flexibility index (Phi) is 2.53. The summed E-state index contributed by atoms with van der Waals surface area (Å²) in [6.45, 7) is 1.46. The maximum absolute atomic E-state index is 13.2. The zero-order valence-corrected chi connectivity index (χ0v) is 6.84. The summed E-state index contributed by atoms with van der Waals surface area (Å²) in [4.78, 5) is 13.0. The third-order valence-electron chi connectivity index (χ3n) is 1.65. The predicted molar refractivity (Wildman–Crippen MR) is 43.6 cm³/mol. The van der Waals surface area contributed by atoms with E-state index >= 15 is 0 Å². The van der Waals surface area contributed by atoms with E-state index in [2.05, 4.69) is 4.99 Å². The first kappa shape index (κ1) is 9.11. The molecule has 0 aliphatic carbocycles. The molecular weight excluding hydrogens is 171 g/mol. The highest BCUT2D eigenvalue weighted by atomic mass is 19.1. The predicted octanol–water partition coefficient (Wildman–Crippen LogP) is 1.97. The van der Waals surface area contributed by atoms with E-state index in [1.165, 1.54) is 25.1 Å². The third-order valence-corrected chi connectivity index (χ3v) is 1.65. The van der Waals surface area contributed by atoms with E-state index in [9.17, 15) is 9.18 Å². The summed E-state index contributed by atoms with van der Waals surface area (Å²) in [5.41, 5.74) is 0.341. The summed E-state index contributed by atoms with van der Waals surface area (Å²) in [7, 11) is 0. The van der Waals surface area contributed by atoms with Gasteiger partial charge in [-0.1, -0.05) is 0 Å². The van der Waals surface area contributed by atoms with E-state index in [0.29, 0.717) is 0 Å². The second-order valence-corrected chi connectivity index (χ2v) is 2.39. The molecule has 1 aromatic carbocycles. The molecule has 1 aromatic rings. The number of benzene rings is 1. The summed E-state index contributed by atoms with van der Waals surface area (Å²) in [6, 6.07) is 4.51. The van der Waals surface area contributed by atoms with E-state index < -0.39 is 5.82 Å². The van der Waals surface area contributed by atoms with Gasteiger partial charge < -0.3 is 0 Å². The first-order chi connectivity index (χ1) is 6.20. The van der Waals surface area contributed by atoms with Gasteiger partial charge >= 0.3 is 0 Å².